The predicted octanol–water partition coefficient (Wildman–Crippen LogP) is 12.5. The first-order valence-corrected chi connectivity index (χ1v) is 20.1. The van der Waals surface area contributed by atoms with Gasteiger partial charge in [0.05, 0.1) is 0 Å². The Labute approximate surface area is 276 Å². The summed E-state index contributed by atoms with van der Waals surface area (Å²) in [7, 11) is 0. The molecule has 44 heavy (non-hydrogen) atoms. The Balaban J connectivity index is 3.75. The molecule has 0 heterocycles. The van der Waals surface area contributed by atoms with Gasteiger partial charge in [-0.05, 0) is 12.8 Å². The second kappa shape index (κ2) is 34.8. The Morgan fingerprint density at radius 1 is 0.318 bits per heavy atom. The summed E-state index contributed by atoms with van der Waals surface area (Å²) in [5.41, 5.74) is 11.5. The highest BCUT2D eigenvalue weighted by Crippen LogP contribution is 2.25. The maximum Gasteiger partial charge on any atom is 0.221 e. The van der Waals surface area contributed by atoms with E-state index in [1.807, 2.05) is 0 Å². The molecule has 2 amide bonds. The minimum Gasteiger partial charge on any atom is -0.369 e. The fourth-order valence-electron chi connectivity index (χ4n) is 6.91. The first kappa shape index (κ1) is 42.9. The highest BCUT2D eigenvalue weighted by molar-refractivity contribution is 5.85. The minimum absolute atomic E-state index is 0.341. The van der Waals surface area contributed by atoms with Gasteiger partial charge in [0, 0.05) is 11.8 Å². The smallest absolute Gasteiger partial charge is 0.221 e. The van der Waals surface area contributed by atoms with Gasteiger partial charge >= 0.3 is 0 Å². The molecule has 262 valence electrons. The summed E-state index contributed by atoms with van der Waals surface area (Å²) in [6.07, 6.45) is 43.9. The van der Waals surface area contributed by atoms with Gasteiger partial charge in [-0.2, -0.15) is 0 Å². The Morgan fingerprint density at radius 3 is 0.636 bits per heavy atom. The van der Waals surface area contributed by atoms with Crippen LogP contribution in [0.4, 0.5) is 0 Å². The van der Waals surface area contributed by atoms with Gasteiger partial charge in [0.2, 0.25) is 11.8 Å². The zero-order chi connectivity index (χ0) is 32.4. The van der Waals surface area contributed by atoms with Crippen molar-refractivity contribution in [3.63, 3.8) is 0 Å². The van der Waals surface area contributed by atoms with Crippen molar-refractivity contribution in [1.82, 2.24) is 0 Å². The van der Waals surface area contributed by atoms with Crippen LogP contribution < -0.4 is 11.5 Å². The van der Waals surface area contributed by atoms with Crippen LogP contribution in [0.15, 0.2) is 0 Å². The fraction of sp³-hybridized carbons (Fsp3) is 0.950. The number of carbonyl (C=O) groups excluding carboxylic acids is 2. The van der Waals surface area contributed by atoms with Crippen LogP contribution in [0.3, 0.4) is 0 Å². The molecule has 0 saturated heterocycles. The van der Waals surface area contributed by atoms with Crippen molar-refractivity contribution in [2.45, 2.75) is 232 Å². The lowest BCUT2D eigenvalue weighted by Crippen LogP contribution is -2.37. The molecule has 0 aromatic heterocycles. The van der Waals surface area contributed by atoms with E-state index in [4.69, 9.17) is 11.5 Å². The van der Waals surface area contributed by atoms with Gasteiger partial charge in [0.15, 0.2) is 0 Å². The third-order valence-corrected chi connectivity index (χ3v) is 9.95. The van der Waals surface area contributed by atoms with Gasteiger partial charge in [-0.25, -0.2) is 0 Å². The molecule has 4 nitrogen and oxygen atoms in total. The zero-order valence-electron chi connectivity index (χ0n) is 30.2. The van der Waals surface area contributed by atoms with E-state index in [0.717, 1.165) is 25.7 Å². The molecule has 0 saturated carbocycles. The topological polar surface area (TPSA) is 86.2 Å². The van der Waals surface area contributed by atoms with Gasteiger partial charge in [-0.15, -0.1) is 0 Å². The van der Waals surface area contributed by atoms with Gasteiger partial charge in [-0.3, -0.25) is 9.59 Å². The second-order valence-corrected chi connectivity index (χ2v) is 14.2. The molecule has 0 aliphatic heterocycles. The van der Waals surface area contributed by atoms with Crippen molar-refractivity contribution in [2.75, 3.05) is 0 Å². The highest BCUT2D eigenvalue weighted by Gasteiger charge is 2.30. The summed E-state index contributed by atoms with van der Waals surface area (Å²) in [5, 5.41) is 0. The number of unbranched alkanes of at least 4 members (excludes halogenated alkanes) is 30. The van der Waals surface area contributed by atoms with Crippen molar-refractivity contribution < 1.29 is 9.59 Å². The summed E-state index contributed by atoms with van der Waals surface area (Å²) in [6, 6.07) is 0. The SMILES string of the molecule is CCCCCCCCCCCCCCCCCCC(C(N)=O)C(CCCCCCCCCCCCCCCCCC)C(N)=O. The normalized spacial score (nSPS) is 12.9. The molecule has 0 aliphatic rings. The molecule has 0 spiro atoms. The van der Waals surface area contributed by atoms with E-state index < -0.39 is 11.8 Å². The molecule has 0 radical (unpaired) electrons. The lowest BCUT2D eigenvalue weighted by molar-refractivity contribution is -0.132. The van der Waals surface area contributed by atoms with Crippen molar-refractivity contribution in [3.8, 4) is 0 Å². The number of primary amides is 2. The number of rotatable bonds is 37. The summed E-state index contributed by atoms with van der Waals surface area (Å²) in [4.78, 5) is 24.4. The molecule has 0 rings (SSSR count). The fourth-order valence-corrected chi connectivity index (χ4v) is 6.91. The number of nitrogens with two attached hydrogens (primary N) is 2. The molecule has 0 aromatic rings. The van der Waals surface area contributed by atoms with Crippen LogP contribution in [0.5, 0.6) is 0 Å². The second-order valence-electron chi connectivity index (χ2n) is 14.2. The Kier molecular flexibility index (Phi) is 34.0. The quantitative estimate of drug-likeness (QED) is 0.0677. The predicted molar refractivity (Wildman–Crippen MR) is 194 cm³/mol. The van der Waals surface area contributed by atoms with Crippen molar-refractivity contribution in [2.24, 2.45) is 23.3 Å². The van der Waals surface area contributed by atoms with Crippen LogP contribution in [0.25, 0.3) is 0 Å². The molecule has 0 aromatic carbocycles. The van der Waals surface area contributed by atoms with Gasteiger partial charge < -0.3 is 11.5 Å². The van der Waals surface area contributed by atoms with Gasteiger partial charge in [0.1, 0.15) is 0 Å². The van der Waals surface area contributed by atoms with Crippen LogP contribution in [-0.4, -0.2) is 11.8 Å². The number of carbonyl (C=O) groups is 2. The molecule has 0 fully saturated rings. The Bertz CT molecular complexity index is 556. The molecule has 4 N–H and O–H groups in total. The summed E-state index contributed by atoms with van der Waals surface area (Å²) in [5.74, 6) is -1.47. The Morgan fingerprint density at radius 2 is 0.477 bits per heavy atom. The first-order chi connectivity index (χ1) is 21.5. The third kappa shape index (κ3) is 29.6. The third-order valence-electron chi connectivity index (χ3n) is 9.95. The maximum atomic E-state index is 12.2. The van der Waals surface area contributed by atoms with Crippen LogP contribution in [0, 0.1) is 11.8 Å². The minimum atomic E-state index is -0.393. The van der Waals surface area contributed by atoms with E-state index in [9.17, 15) is 9.59 Å². The van der Waals surface area contributed by atoms with Crippen molar-refractivity contribution in [1.29, 1.82) is 0 Å². The van der Waals surface area contributed by atoms with Gasteiger partial charge in [0.25, 0.3) is 0 Å². The molecule has 2 unspecified atom stereocenters. The largest absolute Gasteiger partial charge is 0.369 e. The summed E-state index contributed by atoms with van der Waals surface area (Å²) in [6.45, 7) is 4.56. The number of amides is 2. The lowest BCUT2D eigenvalue weighted by atomic mass is 9.83. The lowest BCUT2D eigenvalue weighted by Gasteiger charge is -2.22. The summed E-state index contributed by atoms with van der Waals surface area (Å²) < 4.78 is 0. The Hall–Kier alpha value is -1.06. The molecule has 0 aliphatic carbocycles. The average Bonchev–Trinajstić information content (AvgIpc) is 3.00. The first-order valence-electron chi connectivity index (χ1n) is 20.1. The molecule has 2 atom stereocenters. The van der Waals surface area contributed by atoms with E-state index >= 15 is 0 Å². The molecule has 0 bridgehead atoms. The summed E-state index contributed by atoms with van der Waals surface area (Å²) >= 11 is 0. The van der Waals surface area contributed by atoms with E-state index in [2.05, 4.69) is 13.8 Å². The van der Waals surface area contributed by atoms with E-state index in [0.29, 0.717) is 12.8 Å². The number of hydrogen-bond donors (Lipinski definition) is 2. The average molecular weight is 621 g/mol. The van der Waals surface area contributed by atoms with Gasteiger partial charge in [-0.1, -0.05) is 219 Å². The molecular weight excluding hydrogens is 540 g/mol. The highest BCUT2D eigenvalue weighted by atomic mass is 16.2. The van der Waals surface area contributed by atoms with E-state index in [1.54, 1.807) is 0 Å². The molecule has 4 heteroatoms. The monoisotopic (exact) mass is 621 g/mol. The number of hydrogen-bond acceptors (Lipinski definition) is 2. The van der Waals surface area contributed by atoms with E-state index in [-0.39, 0.29) is 11.8 Å². The van der Waals surface area contributed by atoms with Crippen LogP contribution >= 0.6 is 0 Å². The standard InChI is InChI=1S/C40H80N2O2/c1-3-5-7-9-11-13-15-17-19-21-23-25-27-29-31-33-35-37(39(41)43)38(40(42)44)36-34-32-30-28-26-24-22-20-18-16-14-12-10-8-6-4-2/h37-38H,3-36H2,1-2H3,(H2,41,43)(H2,42,44). The zero-order valence-corrected chi connectivity index (χ0v) is 30.2. The van der Waals surface area contributed by atoms with Crippen LogP contribution in [0.2, 0.25) is 0 Å². The van der Waals surface area contributed by atoms with Crippen LogP contribution in [0.1, 0.15) is 232 Å². The maximum absolute atomic E-state index is 12.2. The van der Waals surface area contributed by atoms with Crippen molar-refractivity contribution >= 4 is 11.8 Å². The van der Waals surface area contributed by atoms with Crippen LogP contribution in [-0.2, 0) is 9.59 Å². The van der Waals surface area contributed by atoms with Crippen molar-refractivity contribution in [3.05, 3.63) is 0 Å². The molecular formula is C40H80N2O2. The van der Waals surface area contributed by atoms with E-state index in [1.165, 1.54) is 180 Å².